The molecule has 2 aliphatic rings. The fraction of sp³-hybridized carbons (Fsp3) is 0.391. The van der Waals surface area contributed by atoms with Gasteiger partial charge in [0.05, 0.1) is 16.8 Å². The molecule has 3 aromatic rings. The number of hydrogen-bond donors (Lipinski definition) is 2. The van der Waals surface area contributed by atoms with E-state index < -0.39 is 0 Å². The van der Waals surface area contributed by atoms with Crippen molar-refractivity contribution in [3.63, 3.8) is 0 Å². The molecule has 0 saturated carbocycles. The SMILES string of the molecule is NCC(=O)N[C@H]1CC2CC[C@@H](C1)N2Cc1ccc(Oc2nc3ccccc3s2)cc1. The Morgan fingerprint density at radius 2 is 1.87 bits per heavy atom. The molecule has 2 saturated heterocycles. The van der Waals surface area contributed by atoms with Crippen molar-refractivity contribution in [1.29, 1.82) is 0 Å². The van der Waals surface area contributed by atoms with Crippen molar-refractivity contribution in [3.05, 3.63) is 54.1 Å². The molecule has 1 amide bonds. The monoisotopic (exact) mass is 422 g/mol. The third-order valence-corrected chi connectivity index (χ3v) is 7.12. The van der Waals surface area contributed by atoms with E-state index in [-0.39, 0.29) is 18.5 Å². The van der Waals surface area contributed by atoms with Gasteiger partial charge in [0.2, 0.25) is 5.91 Å². The van der Waals surface area contributed by atoms with Crippen LogP contribution in [0.2, 0.25) is 0 Å². The van der Waals surface area contributed by atoms with E-state index in [0.29, 0.717) is 17.3 Å². The van der Waals surface area contributed by atoms with Gasteiger partial charge in [-0.2, -0.15) is 0 Å². The molecule has 6 nitrogen and oxygen atoms in total. The second kappa shape index (κ2) is 8.34. The van der Waals surface area contributed by atoms with Crippen molar-refractivity contribution in [1.82, 2.24) is 15.2 Å². The van der Waals surface area contributed by atoms with Crippen LogP contribution in [0, 0.1) is 0 Å². The Labute approximate surface area is 180 Å². The molecule has 1 unspecified atom stereocenters. The number of carbonyl (C=O) groups is 1. The predicted octanol–water partition coefficient (Wildman–Crippen LogP) is 3.66. The molecule has 0 spiro atoms. The highest BCUT2D eigenvalue weighted by molar-refractivity contribution is 7.20. The van der Waals surface area contributed by atoms with Crippen molar-refractivity contribution in [3.8, 4) is 10.9 Å². The number of ether oxygens (including phenoxy) is 1. The Bertz CT molecular complexity index is 988. The summed E-state index contributed by atoms with van der Waals surface area (Å²) in [6.45, 7) is 1.01. The fourth-order valence-electron chi connectivity index (χ4n) is 4.81. The number of nitrogens with two attached hydrogens (primary N) is 1. The topological polar surface area (TPSA) is 80.5 Å². The summed E-state index contributed by atoms with van der Waals surface area (Å²) in [5, 5.41) is 3.75. The van der Waals surface area contributed by atoms with Gasteiger partial charge in [0, 0.05) is 24.7 Å². The van der Waals surface area contributed by atoms with Crippen molar-refractivity contribution in [2.24, 2.45) is 5.73 Å². The summed E-state index contributed by atoms with van der Waals surface area (Å²) < 4.78 is 7.10. The second-order valence-corrected chi connectivity index (χ2v) is 9.18. The zero-order valence-corrected chi connectivity index (χ0v) is 17.6. The van der Waals surface area contributed by atoms with E-state index in [1.165, 1.54) is 18.4 Å². The number of thiazole rings is 1. The number of nitrogens with one attached hydrogen (secondary N) is 1. The zero-order valence-electron chi connectivity index (χ0n) is 16.8. The first-order chi connectivity index (χ1) is 14.7. The average molecular weight is 423 g/mol. The van der Waals surface area contributed by atoms with Gasteiger partial charge < -0.3 is 15.8 Å². The first kappa shape index (κ1) is 19.5. The highest BCUT2D eigenvalue weighted by Crippen LogP contribution is 2.37. The van der Waals surface area contributed by atoms with Crippen LogP contribution in [0.3, 0.4) is 0 Å². The minimum atomic E-state index is -0.0448. The van der Waals surface area contributed by atoms with E-state index in [9.17, 15) is 4.79 Å². The van der Waals surface area contributed by atoms with Crippen molar-refractivity contribution < 1.29 is 9.53 Å². The maximum Gasteiger partial charge on any atom is 0.279 e. The summed E-state index contributed by atoms with van der Waals surface area (Å²) >= 11 is 1.56. The van der Waals surface area contributed by atoms with Crippen molar-refractivity contribution >= 4 is 27.5 Å². The highest BCUT2D eigenvalue weighted by atomic mass is 32.1. The molecule has 1 aromatic heterocycles. The number of nitrogens with zero attached hydrogens (tertiary/aromatic N) is 2. The van der Waals surface area contributed by atoms with Crippen LogP contribution in [0.15, 0.2) is 48.5 Å². The Morgan fingerprint density at radius 1 is 1.13 bits per heavy atom. The van der Waals surface area contributed by atoms with Gasteiger partial charge in [0.1, 0.15) is 5.75 Å². The van der Waals surface area contributed by atoms with E-state index in [2.05, 4.69) is 33.4 Å². The van der Waals surface area contributed by atoms with Gasteiger partial charge in [-0.1, -0.05) is 35.6 Å². The van der Waals surface area contributed by atoms with Gasteiger partial charge >= 0.3 is 0 Å². The van der Waals surface area contributed by atoms with Gasteiger partial charge in [-0.3, -0.25) is 9.69 Å². The Morgan fingerprint density at radius 3 is 2.57 bits per heavy atom. The number of fused-ring (bicyclic) bond motifs is 3. The first-order valence-electron chi connectivity index (χ1n) is 10.6. The maximum absolute atomic E-state index is 11.6. The molecule has 2 aromatic carbocycles. The number of aromatic nitrogens is 1. The summed E-state index contributed by atoms with van der Waals surface area (Å²) in [5.74, 6) is 0.764. The Kier molecular flexibility index (Phi) is 5.41. The molecule has 2 fully saturated rings. The van der Waals surface area contributed by atoms with Crippen molar-refractivity contribution in [2.75, 3.05) is 6.54 Å². The molecule has 3 atom stereocenters. The van der Waals surface area contributed by atoms with E-state index in [0.717, 1.165) is 35.4 Å². The van der Waals surface area contributed by atoms with Gasteiger partial charge in [0.15, 0.2) is 0 Å². The zero-order chi connectivity index (χ0) is 20.5. The minimum Gasteiger partial charge on any atom is -0.431 e. The molecule has 156 valence electrons. The van der Waals surface area contributed by atoms with E-state index >= 15 is 0 Å². The molecule has 2 bridgehead atoms. The van der Waals surface area contributed by atoms with Crippen LogP contribution >= 0.6 is 11.3 Å². The lowest BCUT2D eigenvalue weighted by Crippen LogP contribution is -2.50. The summed E-state index contributed by atoms with van der Waals surface area (Å²) in [6.07, 6.45) is 4.44. The number of amides is 1. The molecule has 30 heavy (non-hydrogen) atoms. The van der Waals surface area contributed by atoms with Crippen LogP contribution in [0.5, 0.6) is 10.9 Å². The van der Waals surface area contributed by atoms with Crippen molar-refractivity contribution in [2.45, 2.75) is 50.4 Å². The van der Waals surface area contributed by atoms with Crippen LogP contribution in [-0.4, -0.2) is 40.5 Å². The first-order valence-corrected chi connectivity index (χ1v) is 11.4. The van der Waals surface area contributed by atoms with Crippen LogP contribution in [-0.2, 0) is 11.3 Å². The lowest BCUT2D eigenvalue weighted by molar-refractivity contribution is -0.120. The van der Waals surface area contributed by atoms with Crippen LogP contribution < -0.4 is 15.8 Å². The number of hydrogen-bond acceptors (Lipinski definition) is 6. The third kappa shape index (κ3) is 4.05. The normalized spacial score (nSPS) is 23.6. The number of rotatable bonds is 6. The Balaban J connectivity index is 1.21. The molecule has 0 aliphatic carbocycles. The summed E-state index contributed by atoms with van der Waals surface area (Å²) in [7, 11) is 0. The molecular formula is C23H26N4O2S. The van der Waals surface area contributed by atoms with E-state index in [1.807, 2.05) is 30.3 Å². The molecule has 3 heterocycles. The minimum absolute atomic E-state index is 0.0448. The number of benzene rings is 2. The quantitative estimate of drug-likeness (QED) is 0.634. The summed E-state index contributed by atoms with van der Waals surface area (Å²) in [6, 6.07) is 17.7. The molecule has 3 N–H and O–H groups in total. The molecule has 2 aliphatic heterocycles. The van der Waals surface area contributed by atoms with Gasteiger partial charge in [-0.25, -0.2) is 4.98 Å². The molecular weight excluding hydrogens is 396 g/mol. The second-order valence-electron chi connectivity index (χ2n) is 8.19. The molecule has 7 heteroatoms. The summed E-state index contributed by atoms with van der Waals surface area (Å²) in [4.78, 5) is 18.8. The summed E-state index contributed by atoms with van der Waals surface area (Å²) in [5.41, 5.74) is 7.70. The van der Waals surface area contributed by atoms with Gasteiger partial charge in [-0.05, 0) is 55.5 Å². The van der Waals surface area contributed by atoms with E-state index in [4.69, 9.17) is 10.5 Å². The standard InChI is InChI=1S/C23H26N4O2S/c24-13-22(28)25-16-11-17-7-8-18(12-16)27(17)14-15-5-9-19(10-6-15)29-23-26-20-3-1-2-4-21(20)30-23/h1-6,9-10,16-18H,7-8,11-14,24H2,(H,25,28)/t16-,17+,18?/m1/s1. The molecule has 0 radical (unpaired) electrons. The maximum atomic E-state index is 11.6. The lowest BCUT2D eigenvalue weighted by Gasteiger charge is -2.39. The molecule has 5 rings (SSSR count). The van der Waals surface area contributed by atoms with E-state index in [1.54, 1.807) is 11.3 Å². The average Bonchev–Trinajstić information content (AvgIpc) is 3.26. The number of carbonyl (C=O) groups excluding carboxylic acids is 1. The third-order valence-electron chi connectivity index (χ3n) is 6.20. The van der Waals surface area contributed by atoms with Crippen LogP contribution in [0.4, 0.5) is 0 Å². The van der Waals surface area contributed by atoms with Gasteiger partial charge in [0.25, 0.3) is 5.19 Å². The predicted molar refractivity (Wildman–Crippen MR) is 119 cm³/mol. The van der Waals surface area contributed by atoms with Crippen LogP contribution in [0.1, 0.15) is 31.2 Å². The smallest absolute Gasteiger partial charge is 0.279 e. The van der Waals surface area contributed by atoms with Gasteiger partial charge in [-0.15, -0.1) is 0 Å². The number of para-hydroxylation sites is 1. The Hall–Kier alpha value is -2.48. The fourth-order valence-corrected chi connectivity index (χ4v) is 5.64. The highest BCUT2D eigenvalue weighted by Gasteiger charge is 2.40. The number of piperidine rings is 1. The van der Waals surface area contributed by atoms with Crippen LogP contribution in [0.25, 0.3) is 10.2 Å². The largest absolute Gasteiger partial charge is 0.431 e. The lowest BCUT2D eigenvalue weighted by atomic mass is 9.96.